The van der Waals surface area contributed by atoms with E-state index in [2.05, 4.69) is 10.3 Å². The minimum absolute atomic E-state index is 0.606. The summed E-state index contributed by atoms with van der Waals surface area (Å²) < 4.78 is 7.59. The van der Waals surface area contributed by atoms with E-state index in [1.54, 1.807) is 0 Å². The fourth-order valence-corrected chi connectivity index (χ4v) is 2.19. The molecule has 0 radical (unpaired) electrons. The van der Waals surface area contributed by atoms with Crippen molar-refractivity contribution in [3.63, 3.8) is 0 Å². The molecule has 1 aromatic heterocycles. The third kappa shape index (κ3) is 4.72. The molecule has 0 spiro atoms. The van der Waals surface area contributed by atoms with E-state index in [1.165, 1.54) is 0 Å². The molecule has 0 unspecified atom stereocenters. The van der Waals surface area contributed by atoms with Crippen molar-refractivity contribution in [2.24, 2.45) is 5.73 Å². The predicted octanol–water partition coefficient (Wildman–Crippen LogP) is 2.60. The second kappa shape index (κ2) is 8.00. The second-order valence-electron chi connectivity index (χ2n) is 4.89. The van der Waals surface area contributed by atoms with Gasteiger partial charge in [0.15, 0.2) is 0 Å². The summed E-state index contributed by atoms with van der Waals surface area (Å²) in [5.74, 6) is 0.849. The first-order valence-corrected chi connectivity index (χ1v) is 7.56. The Bertz CT molecular complexity index is 553. The van der Waals surface area contributed by atoms with Crippen LogP contribution in [0, 0.1) is 6.92 Å². The van der Waals surface area contributed by atoms with E-state index in [4.69, 9.17) is 22.1 Å². The Morgan fingerprint density at radius 2 is 2.00 bits per heavy atom. The zero-order valence-electron chi connectivity index (χ0n) is 12.3. The quantitative estimate of drug-likeness (QED) is 0.761. The molecule has 2 N–H and O–H groups in total. The lowest BCUT2D eigenvalue weighted by Gasteiger charge is -2.07. The third-order valence-corrected chi connectivity index (χ3v) is 3.56. The van der Waals surface area contributed by atoms with E-state index < -0.39 is 0 Å². The molecular weight excluding hydrogens is 288 g/mol. The molecule has 1 heterocycles. The van der Waals surface area contributed by atoms with Crippen molar-refractivity contribution in [1.82, 2.24) is 15.0 Å². The molecule has 21 heavy (non-hydrogen) atoms. The molecule has 2 aromatic rings. The van der Waals surface area contributed by atoms with E-state index in [9.17, 15) is 0 Å². The molecule has 0 atom stereocenters. The van der Waals surface area contributed by atoms with Gasteiger partial charge in [-0.05, 0) is 50.6 Å². The summed E-state index contributed by atoms with van der Waals surface area (Å²) in [5, 5.41) is 9.02. The van der Waals surface area contributed by atoms with Gasteiger partial charge in [0.2, 0.25) is 0 Å². The van der Waals surface area contributed by atoms with Gasteiger partial charge >= 0.3 is 0 Å². The Labute approximate surface area is 130 Å². The normalized spacial score (nSPS) is 10.8. The first-order valence-electron chi connectivity index (χ1n) is 7.18. The number of hydrogen-bond donors (Lipinski definition) is 1. The first-order chi connectivity index (χ1) is 10.2. The van der Waals surface area contributed by atoms with Crippen molar-refractivity contribution in [3.8, 4) is 5.75 Å². The molecule has 2 rings (SSSR count). The average Bonchev–Trinajstić information content (AvgIpc) is 2.82. The van der Waals surface area contributed by atoms with Crippen LogP contribution in [0.25, 0.3) is 0 Å². The summed E-state index contributed by atoms with van der Waals surface area (Å²) in [5.41, 5.74) is 7.65. The molecular formula is C15H21ClN4O. The molecule has 0 aliphatic rings. The number of rotatable bonds is 8. The molecule has 0 saturated carbocycles. The van der Waals surface area contributed by atoms with E-state index in [0.29, 0.717) is 13.2 Å². The zero-order chi connectivity index (χ0) is 15.1. The fourth-order valence-electron chi connectivity index (χ4n) is 2.06. The summed E-state index contributed by atoms with van der Waals surface area (Å²) >= 11 is 5.82. The summed E-state index contributed by atoms with van der Waals surface area (Å²) in [7, 11) is 0. The minimum atomic E-state index is 0.606. The molecule has 6 heteroatoms. The van der Waals surface area contributed by atoms with Crippen molar-refractivity contribution in [2.45, 2.75) is 32.7 Å². The Morgan fingerprint density at radius 3 is 2.71 bits per heavy atom. The monoisotopic (exact) mass is 308 g/mol. The highest BCUT2D eigenvalue weighted by molar-refractivity contribution is 6.30. The molecule has 114 valence electrons. The lowest BCUT2D eigenvalue weighted by molar-refractivity contribution is 0.301. The van der Waals surface area contributed by atoms with Gasteiger partial charge in [0.25, 0.3) is 0 Å². The number of halogens is 1. The lowest BCUT2D eigenvalue weighted by Crippen LogP contribution is -2.07. The highest BCUT2D eigenvalue weighted by Gasteiger charge is 2.06. The predicted molar refractivity (Wildman–Crippen MR) is 83.7 cm³/mol. The van der Waals surface area contributed by atoms with Crippen LogP contribution in [0.2, 0.25) is 5.02 Å². The molecule has 1 aromatic carbocycles. The zero-order valence-corrected chi connectivity index (χ0v) is 13.0. The summed E-state index contributed by atoms with van der Waals surface area (Å²) in [4.78, 5) is 0. The van der Waals surface area contributed by atoms with Crippen molar-refractivity contribution in [1.29, 1.82) is 0 Å². The fraction of sp³-hybridized carbons (Fsp3) is 0.467. The van der Waals surface area contributed by atoms with Gasteiger partial charge in [-0.15, -0.1) is 5.10 Å². The van der Waals surface area contributed by atoms with Crippen LogP contribution in [-0.2, 0) is 13.0 Å². The van der Waals surface area contributed by atoms with Crippen LogP contribution < -0.4 is 10.5 Å². The standard InChI is InChI=1S/C15H21ClN4O/c1-12-15(8-9-17)18-19-20(12)10-2-3-11-21-14-6-4-13(16)5-7-14/h4-7H,2-3,8-11,17H2,1H3. The number of hydrogen-bond acceptors (Lipinski definition) is 4. The number of unbranched alkanes of at least 4 members (excludes halogenated alkanes) is 1. The molecule has 0 fully saturated rings. The summed E-state index contributed by atoms with van der Waals surface area (Å²) in [6, 6.07) is 7.41. The van der Waals surface area contributed by atoms with Crippen LogP contribution >= 0.6 is 11.6 Å². The topological polar surface area (TPSA) is 66.0 Å². The van der Waals surface area contributed by atoms with E-state index in [0.717, 1.165) is 48.0 Å². The second-order valence-corrected chi connectivity index (χ2v) is 5.33. The molecule has 5 nitrogen and oxygen atoms in total. The summed E-state index contributed by atoms with van der Waals surface area (Å²) in [6.45, 7) is 4.18. The Balaban J connectivity index is 1.69. The van der Waals surface area contributed by atoms with Crippen LogP contribution in [-0.4, -0.2) is 28.1 Å². The molecule has 0 aliphatic carbocycles. The Morgan fingerprint density at radius 1 is 1.24 bits per heavy atom. The van der Waals surface area contributed by atoms with Crippen molar-refractivity contribution in [3.05, 3.63) is 40.7 Å². The maximum Gasteiger partial charge on any atom is 0.119 e. The average molecular weight is 309 g/mol. The van der Waals surface area contributed by atoms with Gasteiger partial charge in [-0.3, -0.25) is 0 Å². The van der Waals surface area contributed by atoms with Gasteiger partial charge in [-0.25, -0.2) is 4.68 Å². The van der Waals surface area contributed by atoms with Crippen molar-refractivity contribution >= 4 is 11.6 Å². The van der Waals surface area contributed by atoms with Gasteiger partial charge in [0, 0.05) is 18.0 Å². The number of nitrogens with two attached hydrogens (primary N) is 1. The number of aromatic nitrogens is 3. The van der Waals surface area contributed by atoms with E-state index in [1.807, 2.05) is 35.9 Å². The van der Waals surface area contributed by atoms with Crippen LogP contribution in [0.15, 0.2) is 24.3 Å². The summed E-state index contributed by atoms with van der Waals surface area (Å²) in [6.07, 6.45) is 2.75. The van der Waals surface area contributed by atoms with Crippen LogP contribution in [0.3, 0.4) is 0 Å². The molecule has 0 saturated heterocycles. The van der Waals surface area contributed by atoms with Crippen LogP contribution in [0.1, 0.15) is 24.2 Å². The van der Waals surface area contributed by atoms with Crippen LogP contribution in [0.5, 0.6) is 5.75 Å². The Hall–Kier alpha value is -1.59. The third-order valence-electron chi connectivity index (χ3n) is 3.31. The first kappa shape index (κ1) is 15.8. The SMILES string of the molecule is Cc1c(CCN)nnn1CCCCOc1ccc(Cl)cc1. The highest BCUT2D eigenvalue weighted by Crippen LogP contribution is 2.15. The van der Waals surface area contributed by atoms with Gasteiger partial charge in [0.05, 0.1) is 18.0 Å². The lowest BCUT2D eigenvalue weighted by atomic mass is 10.2. The minimum Gasteiger partial charge on any atom is -0.494 e. The van der Waals surface area contributed by atoms with E-state index >= 15 is 0 Å². The number of benzene rings is 1. The number of nitrogens with zero attached hydrogens (tertiary/aromatic N) is 3. The van der Waals surface area contributed by atoms with Crippen molar-refractivity contribution < 1.29 is 4.74 Å². The highest BCUT2D eigenvalue weighted by atomic mass is 35.5. The van der Waals surface area contributed by atoms with Gasteiger partial charge in [-0.2, -0.15) is 0 Å². The Kier molecular flexibility index (Phi) is 6.02. The maximum absolute atomic E-state index is 5.82. The van der Waals surface area contributed by atoms with Gasteiger partial charge < -0.3 is 10.5 Å². The van der Waals surface area contributed by atoms with Gasteiger partial charge in [0.1, 0.15) is 5.75 Å². The number of ether oxygens (including phenoxy) is 1. The molecule has 0 amide bonds. The van der Waals surface area contributed by atoms with E-state index in [-0.39, 0.29) is 0 Å². The largest absolute Gasteiger partial charge is 0.494 e. The van der Waals surface area contributed by atoms with Crippen LogP contribution in [0.4, 0.5) is 0 Å². The maximum atomic E-state index is 5.82. The molecule has 0 bridgehead atoms. The van der Waals surface area contributed by atoms with Gasteiger partial charge in [-0.1, -0.05) is 16.8 Å². The smallest absolute Gasteiger partial charge is 0.119 e. The van der Waals surface area contributed by atoms with Crippen molar-refractivity contribution in [2.75, 3.05) is 13.2 Å². The number of aryl methyl sites for hydroxylation is 1. The molecule has 0 aliphatic heterocycles.